The Balaban J connectivity index is 1.60. The summed E-state index contributed by atoms with van der Waals surface area (Å²) >= 11 is 12.2. The lowest BCUT2D eigenvalue weighted by molar-refractivity contribution is -0.124. The van der Waals surface area contributed by atoms with E-state index >= 15 is 0 Å². The van der Waals surface area contributed by atoms with Gasteiger partial charge in [-0.15, -0.1) is 0 Å². The Labute approximate surface area is 187 Å². The minimum atomic E-state index is -0.351. The van der Waals surface area contributed by atoms with Crippen molar-refractivity contribution in [3.63, 3.8) is 0 Å². The van der Waals surface area contributed by atoms with Crippen LogP contribution in [0.1, 0.15) is 30.9 Å². The van der Waals surface area contributed by atoms with Crippen molar-refractivity contribution in [2.45, 2.75) is 39.0 Å². The molecule has 1 aliphatic rings. The highest BCUT2D eigenvalue weighted by Gasteiger charge is 2.23. The third kappa shape index (κ3) is 6.62. The van der Waals surface area contributed by atoms with E-state index in [1.165, 1.54) is 0 Å². The molecule has 1 heterocycles. The molecule has 1 saturated heterocycles. The van der Waals surface area contributed by atoms with Crippen LogP contribution in [-0.2, 0) is 22.6 Å². The van der Waals surface area contributed by atoms with Gasteiger partial charge in [-0.1, -0.05) is 41.4 Å². The molecule has 1 unspecified atom stereocenters. The number of nitrogens with zero attached hydrogens (tertiary/aromatic N) is 1. The van der Waals surface area contributed by atoms with Crippen LogP contribution in [0.5, 0.6) is 0 Å². The van der Waals surface area contributed by atoms with Crippen LogP contribution in [0.15, 0.2) is 47.5 Å². The molecule has 1 aliphatic heterocycles. The largest absolute Gasteiger partial charge is 0.368 e. The van der Waals surface area contributed by atoms with Gasteiger partial charge >= 0.3 is 0 Å². The number of halogens is 2. The number of nitrogens with one attached hydrogen (secondary N) is 3. The zero-order chi connectivity index (χ0) is 21.3. The van der Waals surface area contributed by atoms with Gasteiger partial charge in [-0.3, -0.25) is 4.79 Å². The van der Waals surface area contributed by atoms with Crippen LogP contribution in [-0.4, -0.2) is 31.1 Å². The topological polar surface area (TPSA) is 74.8 Å². The van der Waals surface area contributed by atoms with Crippen molar-refractivity contribution in [3.05, 3.63) is 63.6 Å². The summed E-state index contributed by atoms with van der Waals surface area (Å²) in [6.07, 6.45) is 1.34. The molecular formula is C22H26Cl2N4O2. The van der Waals surface area contributed by atoms with E-state index in [-0.39, 0.29) is 12.0 Å². The zero-order valence-corrected chi connectivity index (χ0v) is 18.4. The summed E-state index contributed by atoms with van der Waals surface area (Å²) in [4.78, 5) is 16.9. The van der Waals surface area contributed by atoms with Crippen LogP contribution in [0.2, 0.25) is 10.0 Å². The van der Waals surface area contributed by atoms with Gasteiger partial charge in [0, 0.05) is 35.4 Å². The van der Waals surface area contributed by atoms with E-state index in [0.29, 0.717) is 35.7 Å². The quantitative estimate of drug-likeness (QED) is 0.434. The molecule has 3 rings (SSSR count). The Hall–Kier alpha value is -2.28. The molecule has 8 heteroatoms. The number of anilines is 1. The fraction of sp³-hybridized carbons (Fsp3) is 0.364. The van der Waals surface area contributed by atoms with E-state index in [1.807, 2.05) is 43.3 Å². The minimum Gasteiger partial charge on any atom is -0.368 e. The first kappa shape index (κ1) is 22.4. The number of carbonyl (C=O) groups excluding carboxylic acids is 1. The number of ether oxygens (including phenoxy) is 1. The summed E-state index contributed by atoms with van der Waals surface area (Å²) in [5.41, 5.74) is 2.67. The standard InChI is InChI=1S/C22H26Cl2N4O2/c1-2-25-22(27-14-16-8-9-17(23)12-19(16)24)26-13-15-5-3-6-18(11-15)28-21(29)20-7-4-10-30-20/h3,5-6,8-9,11-12,20H,2,4,7,10,13-14H2,1H3,(H,28,29)(H2,25,26,27). The molecule has 3 N–H and O–H groups in total. The van der Waals surface area contributed by atoms with Crippen LogP contribution in [0.3, 0.4) is 0 Å². The van der Waals surface area contributed by atoms with Crippen LogP contribution in [0, 0.1) is 0 Å². The molecule has 1 fully saturated rings. The third-order valence-electron chi connectivity index (χ3n) is 4.64. The Kier molecular flexibility index (Phi) is 8.37. The molecule has 30 heavy (non-hydrogen) atoms. The van der Waals surface area contributed by atoms with Gasteiger partial charge in [-0.25, -0.2) is 4.99 Å². The van der Waals surface area contributed by atoms with E-state index in [2.05, 4.69) is 20.9 Å². The van der Waals surface area contributed by atoms with Crippen molar-refractivity contribution >= 4 is 40.8 Å². The molecule has 2 aromatic rings. The average Bonchev–Trinajstić information content (AvgIpc) is 3.26. The number of hydrogen-bond donors (Lipinski definition) is 3. The van der Waals surface area contributed by atoms with Crippen molar-refractivity contribution in [2.24, 2.45) is 4.99 Å². The molecule has 0 radical (unpaired) electrons. The third-order valence-corrected chi connectivity index (χ3v) is 5.23. The lowest BCUT2D eigenvalue weighted by atomic mass is 10.2. The SMILES string of the molecule is CCNC(=NCc1cccc(NC(=O)C2CCCO2)c1)NCc1ccc(Cl)cc1Cl. The summed E-state index contributed by atoms with van der Waals surface area (Å²) in [6.45, 7) is 4.38. The van der Waals surface area contributed by atoms with E-state index < -0.39 is 0 Å². The predicted molar refractivity (Wildman–Crippen MR) is 122 cm³/mol. The van der Waals surface area contributed by atoms with Crippen LogP contribution >= 0.6 is 23.2 Å². The molecular weight excluding hydrogens is 423 g/mol. The number of amides is 1. The number of hydrogen-bond acceptors (Lipinski definition) is 3. The summed E-state index contributed by atoms with van der Waals surface area (Å²) in [5.74, 6) is 0.584. The Bertz CT molecular complexity index is 898. The van der Waals surface area contributed by atoms with Gasteiger partial charge in [-0.2, -0.15) is 0 Å². The number of guanidine groups is 1. The zero-order valence-electron chi connectivity index (χ0n) is 16.9. The Morgan fingerprint density at radius 2 is 2.07 bits per heavy atom. The normalized spacial score (nSPS) is 16.4. The lowest BCUT2D eigenvalue weighted by Gasteiger charge is -2.13. The second kappa shape index (κ2) is 11.2. The molecule has 160 valence electrons. The van der Waals surface area contributed by atoms with Crippen molar-refractivity contribution in [2.75, 3.05) is 18.5 Å². The molecule has 0 bridgehead atoms. The predicted octanol–water partition coefficient (Wildman–Crippen LogP) is 4.37. The number of rotatable bonds is 7. The van der Waals surface area contributed by atoms with Gasteiger partial charge < -0.3 is 20.7 Å². The first-order valence-corrected chi connectivity index (χ1v) is 10.8. The van der Waals surface area contributed by atoms with E-state index in [4.69, 9.17) is 27.9 Å². The van der Waals surface area contributed by atoms with E-state index in [1.54, 1.807) is 6.07 Å². The van der Waals surface area contributed by atoms with Gasteiger partial charge in [0.2, 0.25) is 0 Å². The molecule has 2 aromatic carbocycles. The summed E-state index contributed by atoms with van der Waals surface area (Å²) < 4.78 is 5.43. The van der Waals surface area contributed by atoms with Gasteiger partial charge in [0.05, 0.1) is 6.54 Å². The maximum Gasteiger partial charge on any atom is 0.253 e. The smallest absolute Gasteiger partial charge is 0.253 e. The van der Waals surface area contributed by atoms with Gasteiger partial charge in [0.1, 0.15) is 6.10 Å². The van der Waals surface area contributed by atoms with Gasteiger partial charge in [0.15, 0.2) is 5.96 Å². The van der Waals surface area contributed by atoms with E-state index in [0.717, 1.165) is 36.2 Å². The summed E-state index contributed by atoms with van der Waals surface area (Å²) in [5, 5.41) is 10.6. The first-order chi connectivity index (χ1) is 14.5. The molecule has 0 aromatic heterocycles. The summed E-state index contributed by atoms with van der Waals surface area (Å²) in [6, 6.07) is 13.1. The number of aliphatic imine (C=N–C) groups is 1. The first-order valence-electron chi connectivity index (χ1n) is 10.0. The second-order valence-electron chi connectivity index (χ2n) is 6.98. The van der Waals surface area contributed by atoms with Crippen LogP contribution in [0.25, 0.3) is 0 Å². The van der Waals surface area contributed by atoms with Crippen molar-refractivity contribution in [3.8, 4) is 0 Å². The molecule has 1 atom stereocenters. The second-order valence-corrected chi connectivity index (χ2v) is 7.82. The average molecular weight is 449 g/mol. The molecule has 6 nitrogen and oxygen atoms in total. The van der Waals surface area contributed by atoms with Crippen molar-refractivity contribution in [1.82, 2.24) is 10.6 Å². The van der Waals surface area contributed by atoms with Crippen molar-refractivity contribution in [1.29, 1.82) is 0 Å². The van der Waals surface area contributed by atoms with Crippen molar-refractivity contribution < 1.29 is 9.53 Å². The molecule has 1 amide bonds. The fourth-order valence-electron chi connectivity index (χ4n) is 3.11. The lowest BCUT2D eigenvalue weighted by Crippen LogP contribution is -2.36. The van der Waals surface area contributed by atoms with Gasteiger partial charge in [0.25, 0.3) is 5.91 Å². The molecule has 0 spiro atoms. The Morgan fingerprint density at radius 1 is 1.20 bits per heavy atom. The van der Waals surface area contributed by atoms with E-state index in [9.17, 15) is 4.79 Å². The van der Waals surface area contributed by atoms with Gasteiger partial charge in [-0.05, 0) is 55.2 Å². The Morgan fingerprint density at radius 3 is 2.80 bits per heavy atom. The maximum atomic E-state index is 12.2. The number of carbonyl (C=O) groups is 1. The molecule has 0 aliphatic carbocycles. The monoisotopic (exact) mass is 448 g/mol. The van der Waals surface area contributed by atoms with Crippen LogP contribution in [0.4, 0.5) is 5.69 Å². The highest BCUT2D eigenvalue weighted by molar-refractivity contribution is 6.35. The highest BCUT2D eigenvalue weighted by atomic mass is 35.5. The maximum absolute atomic E-state index is 12.2. The summed E-state index contributed by atoms with van der Waals surface area (Å²) in [7, 11) is 0. The number of benzene rings is 2. The minimum absolute atomic E-state index is 0.0944. The highest BCUT2D eigenvalue weighted by Crippen LogP contribution is 2.21. The molecule has 0 saturated carbocycles. The van der Waals surface area contributed by atoms with Crippen LogP contribution < -0.4 is 16.0 Å². The fourth-order valence-corrected chi connectivity index (χ4v) is 3.59.